The lowest BCUT2D eigenvalue weighted by atomic mass is 10.0. The van der Waals surface area contributed by atoms with Gasteiger partial charge in [-0.2, -0.15) is 0 Å². The fraction of sp³-hybridized carbons (Fsp3) is 1.00. The number of ether oxygens (including phenoxy) is 2. The van der Waals surface area contributed by atoms with Crippen LogP contribution in [0.5, 0.6) is 0 Å². The summed E-state index contributed by atoms with van der Waals surface area (Å²) < 4.78 is 11.2. The maximum Gasteiger partial charge on any atom is 0.0597 e. The van der Waals surface area contributed by atoms with Gasteiger partial charge in [-0.15, -0.1) is 0 Å². The molecule has 0 aliphatic carbocycles. The lowest BCUT2D eigenvalue weighted by molar-refractivity contribution is 0.0559. The van der Waals surface area contributed by atoms with Crippen LogP contribution in [0.1, 0.15) is 44.9 Å². The van der Waals surface area contributed by atoms with Crippen molar-refractivity contribution in [2.75, 3.05) is 26.4 Å². The number of nitrogens with one attached hydrogen (secondary N) is 1. The minimum absolute atomic E-state index is 0.479. The second-order valence-corrected chi connectivity index (χ2v) is 4.97. The topological polar surface area (TPSA) is 30.5 Å². The zero-order valence-corrected chi connectivity index (χ0v) is 10.2. The van der Waals surface area contributed by atoms with Crippen molar-refractivity contribution in [1.82, 2.24) is 5.32 Å². The smallest absolute Gasteiger partial charge is 0.0597 e. The standard InChI is InChI=1S/C13H25NO2/c1-2-8-14-12(4-1)6-10-15-11-7-13-5-3-9-16-13/h12-14H,1-11H2. The number of hydrogen-bond acceptors (Lipinski definition) is 3. The van der Waals surface area contributed by atoms with E-state index in [0.29, 0.717) is 12.1 Å². The summed E-state index contributed by atoms with van der Waals surface area (Å²) in [5, 5.41) is 3.55. The molecule has 0 saturated carbocycles. The molecule has 3 heteroatoms. The molecule has 2 fully saturated rings. The summed E-state index contributed by atoms with van der Waals surface area (Å²) in [6.45, 7) is 3.93. The normalized spacial score (nSPS) is 30.8. The summed E-state index contributed by atoms with van der Waals surface area (Å²) in [5.41, 5.74) is 0. The van der Waals surface area contributed by atoms with Gasteiger partial charge in [0.05, 0.1) is 6.10 Å². The molecule has 2 aliphatic rings. The van der Waals surface area contributed by atoms with E-state index in [1.807, 2.05) is 0 Å². The van der Waals surface area contributed by atoms with Gasteiger partial charge in [-0.05, 0) is 45.1 Å². The van der Waals surface area contributed by atoms with Crippen LogP contribution < -0.4 is 5.32 Å². The first-order valence-corrected chi connectivity index (χ1v) is 6.88. The van der Waals surface area contributed by atoms with Gasteiger partial charge in [-0.1, -0.05) is 6.42 Å². The quantitative estimate of drug-likeness (QED) is 0.705. The lowest BCUT2D eigenvalue weighted by Gasteiger charge is -2.23. The first-order chi connectivity index (χ1) is 7.95. The van der Waals surface area contributed by atoms with E-state index in [2.05, 4.69) is 5.32 Å². The van der Waals surface area contributed by atoms with E-state index < -0.39 is 0 Å². The number of rotatable bonds is 6. The largest absolute Gasteiger partial charge is 0.381 e. The highest BCUT2D eigenvalue weighted by Crippen LogP contribution is 2.15. The molecule has 0 spiro atoms. The molecule has 2 aliphatic heterocycles. The first-order valence-electron chi connectivity index (χ1n) is 6.88. The molecule has 2 saturated heterocycles. The Labute approximate surface area is 98.9 Å². The molecule has 2 unspecified atom stereocenters. The predicted octanol–water partition coefficient (Wildman–Crippen LogP) is 2.10. The van der Waals surface area contributed by atoms with Crippen LogP contribution in [-0.4, -0.2) is 38.5 Å². The molecule has 0 aromatic heterocycles. The minimum atomic E-state index is 0.479. The molecule has 0 aromatic carbocycles. The Morgan fingerprint density at radius 1 is 1.06 bits per heavy atom. The van der Waals surface area contributed by atoms with Gasteiger partial charge in [0.2, 0.25) is 0 Å². The molecule has 2 atom stereocenters. The van der Waals surface area contributed by atoms with E-state index in [4.69, 9.17) is 9.47 Å². The third-order valence-electron chi connectivity index (χ3n) is 3.63. The van der Waals surface area contributed by atoms with E-state index in [9.17, 15) is 0 Å². The van der Waals surface area contributed by atoms with Gasteiger partial charge in [-0.3, -0.25) is 0 Å². The highest BCUT2D eigenvalue weighted by molar-refractivity contribution is 4.71. The van der Waals surface area contributed by atoms with Crippen molar-refractivity contribution in [3.8, 4) is 0 Å². The van der Waals surface area contributed by atoms with Crippen molar-refractivity contribution in [3.63, 3.8) is 0 Å². The van der Waals surface area contributed by atoms with E-state index in [-0.39, 0.29) is 0 Å². The fourth-order valence-corrected chi connectivity index (χ4v) is 2.58. The van der Waals surface area contributed by atoms with Crippen LogP contribution in [0.2, 0.25) is 0 Å². The van der Waals surface area contributed by atoms with Crippen LogP contribution in [0.3, 0.4) is 0 Å². The third-order valence-corrected chi connectivity index (χ3v) is 3.63. The lowest BCUT2D eigenvalue weighted by Crippen LogP contribution is -2.34. The molecule has 16 heavy (non-hydrogen) atoms. The Kier molecular flexibility index (Phi) is 5.59. The van der Waals surface area contributed by atoms with Crippen molar-refractivity contribution in [3.05, 3.63) is 0 Å². The van der Waals surface area contributed by atoms with Crippen molar-refractivity contribution >= 4 is 0 Å². The van der Waals surface area contributed by atoms with Crippen LogP contribution in [0.4, 0.5) is 0 Å². The monoisotopic (exact) mass is 227 g/mol. The van der Waals surface area contributed by atoms with Crippen molar-refractivity contribution < 1.29 is 9.47 Å². The van der Waals surface area contributed by atoms with Gasteiger partial charge in [0.15, 0.2) is 0 Å². The molecule has 0 radical (unpaired) electrons. The second kappa shape index (κ2) is 7.25. The molecule has 0 aromatic rings. The second-order valence-electron chi connectivity index (χ2n) is 4.97. The average Bonchev–Trinajstić information content (AvgIpc) is 2.83. The summed E-state index contributed by atoms with van der Waals surface area (Å²) in [7, 11) is 0. The maximum atomic E-state index is 5.68. The maximum absolute atomic E-state index is 5.68. The number of piperidine rings is 1. The first kappa shape index (κ1) is 12.3. The third kappa shape index (κ3) is 4.40. The van der Waals surface area contributed by atoms with Gasteiger partial charge in [0.25, 0.3) is 0 Å². The molecule has 2 heterocycles. The zero-order valence-electron chi connectivity index (χ0n) is 10.2. The highest BCUT2D eigenvalue weighted by Gasteiger charge is 2.15. The molecular formula is C13H25NO2. The van der Waals surface area contributed by atoms with E-state index in [1.165, 1.54) is 45.1 Å². The van der Waals surface area contributed by atoms with Gasteiger partial charge in [-0.25, -0.2) is 0 Å². The van der Waals surface area contributed by atoms with E-state index in [1.54, 1.807) is 0 Å². The molecule has 0 bridgehead atoms. The van der Waals surface area contributed by atoms with E-state index >= 15 is 0 Å². The summed E-state index contributed by atoms with van der Waals surface area (Å²) in [4.78, 5) is 0. The summed E-state index contributed by atoms with van der Waals surface area (Å²) in [5.74, 6) is 0. The molecule has 94 valence electrons. The Morgan fingerprint density at radius 2 is 2.00 bits per heavy atom. The van der Waals surface area contributed by atoms with Gasteiger partial charge >= 0.3 is 0 Å². The van der Waals surface area contributed by atoms with Gasteiger partial charge in [0.1, 0.15) is 0 Å². The Morgan fingerprint density at radius 3 is 2.75 bits per heavy atom. The van der Waals surface area contributed by atoms with Crippen LogP contribution in [0.25, 0.3) is 0 Å². The van der Waals surface area contributed by atoms with Gasteiger partial charge < -0.3 is 14.8 Å². The molecule has 3 nitrogen and oxygen atoms in total. The Balaban J connectivity index is 1.42. The summed E-state index contributed by atoms with van der Waals surface area (Å²) in [6.07, 6.45) is 9.25. The Hall–Kier alpha value is -0.120. The van der Waals surface area contributed by atoms with Crippen molar-refractivity contribution in [2.24, 2.45) is 0 Å². The molecular weight excluding hydrogens is 202 g/mol. The SMILES string of the molecule is C1CCC(CCOCCC2CCCO2)NC1. The summed E-state index contributed by atoms with van der Waals surface area (Å²) in [6, 6.07) is 0.705. The number of hydrogen-bond donors (Lipinski definition) is 1. The van der Waals surface area contributed by atoms with Crippen LogP contribution in [0.15, 0.2) is 0 Å². The fourth-order valence-electron chi connectivity index (χ4n) is 2.58. The zero-order chi connectivity index (χ0) is 11.1. The minimum Gasteiger partial charge on any atom is -0.381 e. The van der Waals surface area contributed by atoms with Gasteiger partial charge in [0, 0.05) is 25.9 Å². The van der Waals surface area contributed by atoms with Crippen LogP contribution in [0, 0.1) is 0 Å². The predicted molar refractivity (Wildman–Crippen MR) is 64.7 cm³/mol. The van der Waals surface area contributed by atoms with Crippen LogP contribution in [-0.2, 0) is 9.47 Å². The molecule has 1 N–H and O–H groups in total. The average molecular weight is 227 g/mol. The molecule has 0 amide bonds. The molecule has 2 rings (SSSR count). The van der Waals surface area contributed by atoms with E-state index in [0.717, 1.165) is 26.2 Å². The van der Waals surface area contributed by atoms with Crippen LogP contribution >= 0.6 is 0 Å². The highest BCUT2D eigenvalue weighted by atomic mass is 16.5. The van der Waals surface area contributed by atoms with Crippen molar-refractivity contribution in [2.45, 2.75) is 57.1 Å². The Bertz CT molecular complexity index is 175. The van der Waals surface area contributed by atoms with Crippen molar-refractivity contribution in [1.29, 1.82) is 0 Å². The summed E-state index contributed by atoms with van der Waals surface area (Å²) >= 11 is 0.